The number of nitrogens with one attached hydrogen (secondary N) is 2. The summed E-state index contributed by atoms with van der Waals surface area (Å²) in [6.45, 7) is 6.30. The number of rotatable bonds is 5. The summed E-state index contributed by atoms with van der Waals surface area (Å²) >= 11 is 0. The summed E-state index contributed by atoms with van der Waals surface area (Å²) in [4.78, 5) is 26.2. The smallest absolute Gasteiger partial charge is 0.230 e. The van der Waals surface area contributed by atoms with Crippen LogP contribution in [0.25, 0.3) is 5.70 Å². The van der Waals surface area contributed by atoms with Gasteiger partial charge in [0.1, 0.15) is 5.75 Å². The van der Waals surface area contributed by atoms with Crippen molar-refractivity contribution in [2.45, 2.75) is 64.8 Å². The largest absolute Gasteiger partial charge is 0.497 e. The molecule has 0 radical (unpaired) electrons. The lowest BCUT2D eigenvalue weighted by molar-refractivity contribution is -0.126. The van der Waals surface area contributed by atoms with Gasteiger partial charge in [-0.1, -0.05) is 44.4 Å². The van der Waals surface area contributed by atoms with E-state index in [2.05, 4.69) is 30.5 Å². The fourth-order valence-electron chi connectivity index (χ4n) is 4.96. The van der Waals surface area contributed by atoms with E-state index in [4.69, 9.17) is 4.74 Å². The lowest BCUT2D eigenvalue weighted by Gasteiger charge is -2.35. The molecule has 1 aliphatic heterocycles. The van der Waals surface area contributed by atoms with Crippen LogP contribution in [0.3, 0.4) is 0 Å². The Labute approximate surface area is 196 Å². The standard InChI is InChI=1S/C28H34N2O3/c1-27(2)18-20-11-12-22(33-4)16-23(20)24(30-27)17-25(31)19-9-8-10-21(15-19)29-26(32)28(3)13-6-5-7-14-28/h8-12,15-17,30H,5-7,13-14,18H2,1-4H3,(H,29,32). The fraction of sp³-hybridized carbons (Fsp3) is 0.429. The molecular formula is C28H34N2O3. The van der Waals surface area contributed by atoms with Gasteiger partial charge in [-0.2, -0.15) is 0 Å². The molecule has 1 heterocycles. The number of ketones is 1. The quantitative estimate of drug-likeness (QED) is 0.453. The highest BCUT2D eigenvalue weighted by Crippen LogP contribution is 2.37. The Morgan fingerprint density at radius 1 is 1.03 bits per heavy atom. The number of anilines is 1. The topological polar surface area (TPSA) is 67.4 Å². The minimum absolute atomic E-state index is 0.0434. The number of amides is 1. The maximum atomic E-state index is 13.2. The number of benzene rings is 2. The molecule has 5 nitrogen and oxygen atoms in total. The predicted octanol–water partition coefficient (Wildman–Crippen LogP) is 5.75. The van der Waals surface area contributed by atoms with Crippen molar-refractivity contribution in [2.24, 2.45) is 5.41 Å². The second-order valence-electron chi connectivity index (χ2n) is 10.3. The number of carbonyl (C=O) groups excluding carboxylic acids is 2. The molecule has 1 aliphatic carbocycles. The van der Waals surface area contributed by atoms with Crippen LogP contribution in [0.15, 0.2) is 48.5 Å². The Kier molecular flexibility index (Phi) is 6.33. The maximum Gasteiger partial charge on any atom is 0.230 e. The summed E-state index contributed by atoms with van der Waals surface area (Å²) in [5.74, 6) is 0.695. The van der Waals surface area contributed by atoms with E-state index in [0.717, 1.165) is 49.1 Å². The fourth-order valence-corrected chi connectivity index (χ4v) is 4.96. The molecule has 0 bridgehead atoms. The van der Waals surface area contributed by atoms with E-state index in [1.165, 1.54) is 12.0 Å². The molecule has 0 unspecified atom stereocenters. The Balaban J connectivity index is 1.58. The van der Waals surface area contributed by atoms with Crippen molar-refractivity contribution in [3.05, 3.63) is 65.2 Å². The molecule has 1 amide bonds. The van der Waals surface area contributed by atoms with Gasteiger partial charge in [0, 0.05) is 39.5 Å². The van der Waals surface area contributed by atoms with Gasteiger partial charge < -0.3 is 15.4 Å². The van der Waals surface area contributed by atoms with Crippen molar-refractivity contribution in [3.63, 3.8) is 0 Å². The summed E-state index contributed by atoms with van der Waals surface area (Å²) in [6, 6.07) is 13.2. The van der Waals surface area contributed by atoms with Gasteiger partial charge in [0.15, 0.2) is 5.78 Å². The Hall–Kier alpha value is -3.08. The second kappa shape index (κ2) is 9.05. The van der Waals surface area contributed by atoms with Crippen molar-refractivity contribution >= 4 is 23.1 Å². The summed E-state index contributed by atoms with van der Waals surface area (Å²) < 4.78 is 5.40. The molecule has 0 saturated heterocycles. The van der Waals surface area contributed by atoms with Crippen LogP contribution in [0, 0.1) is 5.41 Å². The number of methoxy groups -OCH3 is 1. The number of carbonyl (C=O) groups is 2. The molecular weight excluding hydrogens is 412 g/mol. The Morgan fingerprint density at radius 3 is 2.52 bits per heavy atom. The van der Waals surface area contributed by atoms with E-state index < -0.39 is 0 Å². The highest BCUT2D eigenvalue weighted by Gasteiger charge is 2.34. The molecule has 174 valence electrons. The molecule has 4 rings (SSSR count). The summed E-state index contributed by atoms with van der Waals surface area (Å²) in [6.07, 6.45) is 7.71. The molecule has 5 heteroatoms. The average Bonchev–Trinajstić information content (AvgIpc) is 2.79. The zero-order valence-electron chi connectivity index (χ0n) is 20.1. The van der Waals surface area contributed by atoms with Crippen LogP contribution in [0.1, 0.15) is 74.4 Å². The first-order valence-corrected chi connectivity index (χ1v) is 11.8. The number of hydrogen-bond acceptors (Lipinski definition) is 4. The summed E-state index contributed by atoms with van der Waals surface area (Å²) in [5, 5.41) is 6.56. The normalized spacial score (nSPS) is 19.8. The number of ether oxygens (including phenoxy) is 1. The maximum absolute atomic E-state index is 13.2. The van der Waals surface area contributed by atoms with Gasteiger partial charge in [0.2, 0.25) is 5.91 Å². The van der Waals surface area contributed by atoms with Gasteiger partial charge >= 0.3 is 0 Å². The lowest BCUT2D eigenvalue weighted by Crippen LogP contribution is -2.43. The van der Waals surface area contributed by atoms with Crippen molar-refractivity contribution in [1.29, 1.82) is 0 Å². The van der Waals surface area contributed by atoms with Crippen LogP contribution in [-0.4, -0.2) is 24.3 Å². The molecule has 0 atom stereocenters. The molecule has 2 aliphatic rings. The molecule has 2 aromatic carbocycles. The number of fused-ring (bicyclic) bond motifs is 1. The first-order chi connectivity index (χ1) is 15.7. The first kappa shape index (κ1) is 23.1. The molecule has 2 aromatic rings. The molecule has 1 saturated carbocycles. The van der Waals surface area contributed by atoms with Gasteiger partial charge in [-0.05, 0) is 62.9 Å². The van der Waals surface area contributed by atoms with Gasteiger partial charge in [0.25, 0.3) is 0 Å². The van der Waals surface area contributed by atoms with Crippen LogP contribution < -0.4 is 15.4 Å². The van der Waals surface area contributed by atoms with Crippen LogP contribution in [-0.2, 0) is 11.2 Å². The van der Waals surface area contributed by atoms with Crippen LogP contribution in [0.5, 0.6) is 5.75 Å². The van der Waals surface area contributed by atoms with Crippen LogP contribution in [0.4, 0.5) is 5.69 Å². The minimum atomic E-state index is -0.333. The minimum Gasteiger partial charge on any atom is -0.497 e. The van der Waals surface area contributed by atoms with E-state index in [9.17, 15) is 9.59 Å². The van der Waals surface area contributed by atoms with Crippen LogP contribution >= 0.6 is 0 Å². The highest BCUT2D eigenvalue weighted by atomic mass is 16.5. The molecule has 1 fully saturated rings. The third kappa shape index (κ3) is 5.13. The summed E-state index contributed by atoms with van der Waals surface area (Å²) in [7, 11) is 1.64. The molecule has 33 heavy (non-hydrogen) atoms. The van der Waals surface area contributed by atoms with Gasteiger partial charge in [0.05, 0.1) is 7.11 Å². The zero-order valence-corrected chi connectivity index (χ0v) is 20.1. The van der Waals surface area contributed by atoms with Crippen molar-refractivity contribution < 1.29 is 14.3 Å². The predicted molar refractivity (Wildman–Crippen MR) is 132 cm³/mol. The Morgan fingerprint density at radius 2 is 1.79 bits per heavy atom. The second-order valence-corrected chi connectivity index (χ2v) is 10.3. The first-order valence-electron chi connectivity index (χ1n) is 11.8. The van der Waals surface area contributed by atoms with E-state index in [-0.39, 0.29) is 22.6 Å². The summed E-state index contributed by atoms with van der Waals surface area (Å²) in [5.41, 5.74) is 3.66. The third-order valence-electron chi connectivity index (χ3n) is 6.90. The zero-order chi connectivity index (χ0) is 23.6. The molecule has 2 N–H and O–H groups in total. The number of hydrogen-bond donors (Lipinski definition) is 2. The number of allylic oxidation sites excluding steroid dienone is 1. The Bertz CT molecular complexity index is 1090. The van der Waals surface area contributed by atoms with E-state index >= 15 is 0 Å². The van der Waals surface area contributed by atoms with E-state index in [1.54, 1.807) is 25.3 Å². The molecule has 0 spiro atoms. The SMILES string of the molecule is COc1ccc2c(c1)C(=CC(=O)c1cccc(NC(=O)C3(C)CCCCC3)c1)NC(C)(C)C2. The van der Waals surface area contributed by atoms with Gasteiger partial charge in [-0.3, -0.25) is 9.59 Å². The lowest BCUT2D eigenvalue weighted by atomic mass is 9.75. The third-order valence-corrected chi connectivity index (χ3v) is 6.90. The van der Waals surface area contributed by atoms with Gasteiger partial charge in [-0.15, -0.1) is 0 Å². The van der Waals surface area contributed by atoms with Crippen molar-refractivity contribution in [3.8, 4) is 5.75 Å². The van der Waals surface area contributed by atoms with E-state index in [1.807, 2.05) is 31.2 Å². The average molecular weight is 447 g/mol. The van der Waals surface area contributed by atoms with E-state index in [0.29, 0.717) is 11.3 Å². The van der Waals surface area contributed by atoms with Gasteiger partial charge in [-0.25, -0.2) is 0 Å². The molecule has 0 aromatic heterocycles. The van der Waals surface area contributed by atoms with Crippen molar-refractivity contribution in [1.82, 2.24) is 5.32 Å². The highest BCUT2D eigenvalue weighted by molar-refractivity contribution is 6.09. The van der Waals surface area contributed by atoms with Crippen LogP contribution in [0.2, 0.25) is 0 Å². The monoisotopic (exact) mass is 446 g/mol. The van der Waals surface area contributed by atoms with Crippen molar-refractivity contribution in [2.75, 3.05) is 12.4 Å².